The first-order valence-electron chi connectivity index (χ1n) is 8.39. The second kappa shape index (κ2) is 7.38. The van der Waals surface area contributed by atoms with Gasteiger partial charge in [0.05, 0.1) is 18.1 Å². The zero-order valence-electron chi connectivity index (χ0n) is 14.4. The molecular weight excluding hydrogens is 322 g/mol. The third-order valence-electron chi connectivity index (χ3n) is 4.14. The standard InChI is InChI=1S/C18H21N3O4/c1-3-24-16-10-13-7-9-20(12-14(13)11-17(16)25-4-2)18-15(21(22)23)6-5-8-19-18/h5-6,8,10-11H,3-4,7,9,12H2,1-2H3. The Morgan fingerprint density at radius 1 is 1.20 bits per heavy atom. The zero-order chi connectivity index (χ0) is 17.8. The van der Waals surface area contributed by atoms with Crippen LogP contribution in [0.5, 0.6) is 11.5 Å². The van der Waals surface area contributed by atoms with Crippen molar-refractivity contribution in [3.05, 3.63) is 51.7 Å². The third-order valence-corrected chi connectivity index (χ3v) is 4.14. The number of pyridine rings is 1. The lowest BCUT2D eigenvalue weighted by Crippen LogP contribution is -2.31. The van der Waals surface area contributed by atoms with Crippen LogP contribution >= 0.6 is 0 Å². The van der Waals surface area contributed by atoms with Crippen LogP contribution in [0.15, 0.2) is 30.5 Å². The van der Waals surface area contributed by atoms with Crippen LogP contribution in [0.4, 0.5) is 11.5 Å². The van der Waals surface area contributed by atoms with Gasteiger partial charge in [0.2, 0.25) is 5.82 Å². The highest BCUT2D eigenvalue weighted by atomic mass is 16.6. The number of rotatable bonds is 6. The van der Waals surface area contributed by atoms with Crippen molar-refractivity contribution < 1.29 is 14.4 Å². The first-order valence-corrected chi connectivity index (χ1v) is 8.39. The fraction of sp³-hybridized carbons (Fsp3) is 0.389. The molecule has 1 aliphatic heterocycles. The van der Waals surface area contributed by atoms with Crippen LogP contribution in [0.3, 0.4) is 0 Å². The molecule has 25 heavy (non-hydrogen) atoms. The van der Waals surface area contributed by atoms with Gasteiger partial charge in [-0.15, -0.1) is 0 Å². The summed E-state index contributed by atoms with van der Waals surface area (Å²) in [5.41, 5.74) is 2.29. The maximum atomic E-state index is 11.3. The van der Waals surface area contributed by atoms with Gasteiger partial charge in [-0.3, -0.25) is 10.1 Å². The third kappa shape index (κ3) is 3.50. The van der Waals surface area contributed by atoms with Crippen LogP contribution in [0.1, 0.15) is 25.0 Å². The summed E-state index contributed by atoms with van der Waals surface area (Å²) in [4.78, 5) is 17.1. The molecule has 0 saturated carbocycles. The summed E-state index contributed by atoms with van der Waals surface area (Å²) >= 11 is 0. The predicted molar refractivity (Wildman–Crippen MR) is 94.4 cm³/mol. The number of fused-ring (bicyclic) bond motifs is 1. The molecule has 0 saturated heterocycles. The molecule has 7 heteroatoms. The first kappa shape index (κ1) is 17.0. The molecule has 132 valence electrons. The van der Waals surface area contributed by atoms with Gasteiger partial charge in [0.15, 0.2) is 11.5 Å². The van der Waals surface area contributed by atoms with Crippen LogP contribution in [0.2, 0.25) is 0 Å². The second-order valence-electron chi connectivity index (χ2n) is 5.71. The van der Waals surface area contributed by atoms with Crippen molar-refractivity contribution in [1.82, 2.24) is 4.98 Å². The molecule has 0 unspecified atom stereocenters. The van der Waals surface area contributed by atoms with E-state index in [0.717, 1.165) is 17.7 Å². The van der Waals surface area contributed by atoms with Crippen molar-refractivity contribution in [1.29, 1.82) is 0 Å². The number of hydrogen-bond acceptors (Lipinski definition) is 6. The molecule has 0 bridgehead atoms. The van der Waals surface area contributed by atoms with Crippen molar-refractivity contribution in [3.8, 4) is 11.5 Å². The van der Waals surface area contributed by atoms with Gasteiger partial charge >= 0.3 is 5.69 Å². The van der Waals surface area contributed by atoms with Gasteiger partial charge < -0.3 is 14.4 Å². The van der Waals surface area contributed by atoms with E-state index >= 15 is 0 Å². The minimum atomic E-state index is -0.387. The minimum Gasteiger partial charge on any atom is -0.490 e. The van der Waals surface area contributed by atoms with E-state index in [9.17, 15) is 10.1 Å². The van der Waals surface area contributed by atoms with Crippen LogP contribution in [-0.2, 0) is 13.0 Å². The fourth-order valence-electron chi connectivity index (χ4n) is 3.06. The highest BCUT2D eigenvalue weighted by Crippen LogP contribution is 2.36. The molecule has 3 rings (SSSR count). The van der Waals surface area contributed by atoms with E-state index in [1.165, 1.54) is 11.6 Å². The number of nitrogens with zero attached hydrogens (tertiary/aromatic N) is 3. The molecule has 1 aromatic carbocycles. The summed E-state index contributed by atoms with van der Waals surface area (Å²) in [6, 6.07) is 7.07. The molecule has 0 N–H and O–H groups in total. The molecule has 0 aliphatic carbocycles. The average molecular weight is 343 g/mol. The molecule has 2 aromatic rings. The Kier molecular flexibility index (Phi) is 5.02. The van der Waals surface area contributed by atoms with Crippen molar-refractivity contribution in [3.63, 3.8) is 0 Å². The monoisotopic (exact) mass is 343 g/mol. The van der Waals surface area contributed by atoms with Crippen molar-refractivity contribution in [2.24, 2.45) is 0 Å². The summed E-state index contributed by atoms with van der Waals surface area (Å²) < 4.78 is 11.4. The SMILES string of the molecule is CCOc1cc2c(cc1OCC)CN(c1ncccc1[N+](=O)[O-])CC2. The van der Waals surface area contributed by atoms with Gasteiger partial charge in [0.25, 0.3) is 0 Å². The molecule has 0 spiro atoms. The molecule has 7 nitrogen and oxygen atoms in total. The molecule has 0 radical (unpaired) electrons. The number of ether oxygens (including phenoxy) is 2. The number of benzene rings is 1. The second-order valence-corrected chi connectivity index (χ2v) is 5.71. The molecule has 0 amide bonds. The van der Waals surface area contributed by atoms with Gasteiger partial charge in [-0.1, -0.05) is 0 Å². The first-order chi connectivity index (χ1) is 12.1. The van der Waals surface area contributed by atoms with E-state index in [2.05, 4.69) is 4.98 Å². The highest BCUT2D eigenvalue weighted by molar-refractivity contribution is 5.59. The van der Waals surface area contributed by atoms with E-state index in [1.54, 1.807) is 12.3 Å². The van der Waals surface area contributed by atoms with Gasteiger partial charge in [-0.2, -0.15) is 0 Å². The minimum absolute atomic E-state index is 0.0296. The lowest BCUT2D eigenvalue weighted by Gasteiger charge is -2.30. The van der Waals surface area contributed by atoms with E-state index in [4.69, 9.17) is 9.47 Å². The number of nitro groups is 1. The Labute approximate surface area is 146 Å². The summed E-state index contributed by atoms with van der Waals surface area (Å²) in [5, 5.41) is 11.3. The van der Waals surface area contributed by atoms with Crippen LogP contribution in [0.25, 0.3) is 0 Å². The number of hydrogen-bond donors (Lipinski definition) is 0. The predicted octanol–water partition coefficient (Wildman–Crippen LogP) is 3.35. The molecular formula is C18H21N3O4. The number of anilines is 1. The quantitative estimate of drug-likeness (QED) is 0.591. The van der Waals surface area contributed by atoms with Crippen molar-refractivity contribution in [2.45, 2.75) is 26.8 Å². The van der Waals surface area contributed by atoms with Gasteiger partial charge in [0, 0.05) is 25.4 Å². The van der Waals surface area contributed by atoms with E-state index in [-0.39, 0.29) is 10.6 Å². The van der Waals surface area contributed by atoms with Gasteiger partial charge in [-0.05, 0) is 49.6 Å². The maximum Gasteiger partial charge on any atom is 0.311 e. The Morgan fingerprint density at radius 3 is 2.52 bits per heavy atom. The Bertz CT molecular complexity index is 779. The zero-order valence-corrected chi connectivity index (χ0v) is 14.4. The maximum absolute atomic E-state index is 11.3. The lowest BCUT2D eigenvalue weighted by atomic mass is 9.98. The van der Waals surface area contributed by atoms with Gasteiger partial charge in [0.1, 0.15) is 0 Å². The van der Waals surface area contributed by atoms with E-state index in [1.807, 2.05) is 30.9 Å². The average Bonchev–Trinajstić information content (AvgIpc) is 2.62. The van der Waals surface area contributed by atoms with Crippen LogP contribution < -0.4 is 14.4 Å². The number of aromatic nitrogens is 1. The van der Waals surface area contributed by atoms with E-state index < -0.39 is 0 Å². The van der Waals surface area contributed by atoms with Crippen molar-refractivity contribution in [2.75, 3.05) is 24.7 Å². The van der Waals surface area contributed by atoms with Crippen LogP contribution in [-0.4, -0.2) is 29.7 Å². The summed E-state index contributed by atoms with van der Waals surface area (Å²) in [6.07, 6.45) is 2.36. The summed E-state index contributed by atoms with van der Waals surface area (Å²) in [6.45, 7) is 6.22. The fourth-order valence-corrected chi connectivity index (χ4v) is 3.06. The largest absolute Gasteiger partial charge is 0.490 e. The van der Waals surface area contributed by atoms with Crippen LogP contribution in [0, 0.1) is 10.1 Å². The molecule has 0 atom stereocenters. The summed E-state index contributed by atoms with van der Waals surface area (Å²) in [7, 11) is 0. The topological polar surface area (TPSA) is 77.7 Å². The Hall–Kier alpha value is -2.83. The lowest BCUT2D eigenvalue weighted by molar-refractivity contribution is -0.384. The molecule has 1 aromatic heterocycles. The summed E-state index contributed by atoms with van der Waals surface area (Å²) in [5.74, 6) is 1.87. The van der Waals surface area contributed by atoms with Crippen molar-refractivity contribution >= 4 is 11.5 Å². The molecule has 1 aliphatic rings. The Morgan fingerprint density at radius 2 is 1.88 bits per heavy atom. The Balaban J connectivity index is 1.93. The van der Waals surface area contributed by atoms with Gasteiger partial charge in [-0.25, -0.2) is 4.98 Å². The highest BCUT2D eigenvalue weighted by Gasteiger charge is 2.25. The van der Waals surface area contributed by atoms with E-state index in [0.29, 0.717) is 37.9 Å². The normalized spacial score (nSPS) is 13.3. The smallest absolute Gasteiger partial charge is 0.311 e. The molecule has 0 fully saturated rings. The molecule has 2 heterocycles.